The average molecular weight is 498 g/mol. The van der Waals surface area contributed by atoms with E-state index in [9.17, 15) is 4.79 Å². The van der Waals surface area contributed by atoms with Crippen molar-refractivity contribution >= 4 is 69.5 Å². The standard InChI is InChI=1S/C19H20Cl3O3PS2/c1-4-12(3)28-26(27,24-5-2)25-15-8-6-13(7-9-15)19(23)18-16(21)10-14(20)11-17(18)22/h6-12H,4-5H2,1-3H3. The molecular weight excluding hydrogens is 478 g/mol. The van der Waals surface area contributed by atoms with Crippen LogP contribution in [-0.4, -0.2) is 17.6 Å². The summed E-state index contributed by atoms with van der Waals surface area (Å²) >= 11 is 25.4. The number of carbonyl (C=O) groups is 1. The van der Waals surface area contributed by atoms with Gasteiger partial charge in [0.25, 0.3) is 5.69 Å². The number of ketones is 1. The van der Waals surface area contributed by atoms with Gasteiger partial charge in [-0.2, -0.15) is 0 Å². The first kappa shape index (κ1) is 24.0. The lowest BCUT2D eigenvalue weighted by atomic mass is 10.0. The minimum Gasteiger partial charge on any atom is -0.436 e. The van der Waals surface area contributed by atoms with Crippen molar-refractivity contribution < 1.29 is 13.8 Å². The van der Waals surface area contributed by atoms with E-state index in [0.29, 0.717) is 28.2 Å². The molecular formula is C19H20Cl3O3PS2. The first-order valence-corrected chi connectivity index (χ1v) is 13.9. The summed E-state index contributed by atoms with van der Waals surface area (Å²) in [5, 5.41) is 1.11. The first-order chi connectivity index (χ1) is 13.2. The Morgan fingerprint density at radius 3 is 2.21 bits per heavy atom. The highest BCUT2D eigenvalue weighted by Crippen LogP contribution is 2.62. The Bertz CT molecular complexity index is 867. The molecule has 9 heteroatoms. The van der Waals surface area contributed by atoms with Gasteiger partial charge in [0.2, 0.25) is 0 Å². The van der Waals surface area contributed by atoms with Gasteiger partial charge in [-0.1, -0.05) is 60.0 Å². The van der Waals surface area contributed by atoms with Gasteiger partial charge in [0.1, 0.15) is 5.75 Å². The molecule has 2 aromatic rings. The summed E-state index contributed by atoms with van der Waals surface area (Å²) in [6.07, 6.45) is 0.968. The molecule has 0 radical (unpaired) electrons. The molecule has 0 N–H and O–H groups in total. The molecule has 0 amide bonds. The predicted octanol–water partition coefficient (Wildman–Crippen LogP) is 8.05. The third-order valence-electron chi connectivity index (χ3n) is 3.74. The summed E-state index contributed by atoms with van der Waals surface area (Å²) in [6, 6.07) is 9.68. The van der Waals surface area contributed by atoms with Crippen molar-refractivity contribution in [3.63, 3.8) is 0 Å². The fraction of sp³-hybridized carbons (Fsp3) is 0.316. The van der Waals surface area contributed by atoms with Gasteiger partial charge in [-0.25, -0.2) is 0 Å². The quantitative estimate of drug-likeness (QED) is 0.259. The highest BCUT2D eigenvalue weighted by atomic mass is 35.5. The molecule has 2 unspecified atom stereocenters. The van der Waals surface area contributed by atoms with Crippen LogP contribution in [-0.2, 0) is 16.3 Å². The Morgan fingerprint density at radius 2 is 1.71 bits per heavy atom. The lowest BCUT2D eigenvalue weighted by Crippen LogP contribution is -2.04. The molecule has 0 aliphatic rings. The van der Waals surface area contributed by atoms with E-state index in [1.165, 1.54) is 12.1 Å². The molecule has 2 atom stereocenters. The van der Waals surface area contributed by atoms with E-state index in [4.69, 9.17) is 55.7 Å². The SMILES string of the molecule is CCOP(=S)(Oc1ccc(C(=O)c2c(Cl)cc(Cl)cc2Cl)cc1)SC(C)CC. The Balaban J connectivity index is 2.23. The van der Waals surface area contributed by atoms with Crippen molar-refractivity contribution in [2.24, 2.45) is 0 Å². The topological polar surface area (TPSA) is 35.5 Å². The van der Waals surface area contributed by atoms with E-state index in [0.717, 1.165) is 6.42 Å². The maximum atomic E-state index is 12.8. The fourth-order valence-corrected chi connectivity index (χ4v) is 9.21. The summed E-state index contributed by atoms with van der Waals surface area (Å²) in [5.74, 6) is 0.258. The van der Waals surface area contributed by atoms with E-state index in [-0.39, 0.29) is 21.4 Å². The number of hydrogen-bond donors (Lipinski definition) is 0. The van der Waals surface area contributed by atoms with Crippen LogP contribution >= 0.6 is 51.9 Å². The average Bonchev–Trinajstić information content (AvgIpc) is 2.61. The summed E-state index contributed by atoms with van der Waals surface area (Å²) in [6.45, 7) is 6.56. The monoisotopic (exact) mass is 496 g/mol. The van der Waals surface area contributed by atoms with E-state index >= 15 is 0 Å². The summed E-state index contributed by atoms with van der Waals surface area (Å²) in [5.41, 5.74) is -1.88. The number of rotatable bonds is 9. The molecule has 0 aliphatic carbocycles. The summed E-state index contributed by atoms with van der Waals surface area (Å²) in [4.78, 5) is 12.8. The molecule has 2 aromatic carbocycles. The molecule has 3 nitrogen and oxygen atoms in total. The normalized spacial score (nSPS) is 14.4. The number of carbonyl (C=O) groups excluding carboxylic acids is 1. The fourth-order valence-electron chi connectivity index (χ4n) is 2.23. The number of benzene rings is 2. The van der Waals surface area contributed by atoms with E-state index < -0.39 is 5.69 Å². The smallest absolute Gasteiger partial charge is 0.297 e. The van der Waals surface area contributed by atoms with Crippen LogP contribution in [0.2, 0.25) is 15.1 Å². The van der Waals surface area contributed by atoms with Gasteiger partial charge in [-0.05, 0) is 61.5 Å². The zero-order valence-corrected chi connectivity index (χ0v) is 20.4. The van der Waals surface area contributed by atoms with Crippen LogP contribution in [0.4, 0.5) is 0 Å². The second kappa shape index (κ2) is 10.7. The molecule has 28 heavy (non-hydrogen) atoms. The lowest BCUT2D eigenvalue weighted by Gasteiger charge is -2.24. The zero-order valence-electron chi connectivity index (χ0n) is 15.6. The van der Waals surface area contributed by atoms with Gasteiger partial charge in [0.15, 0.2) is 5.78 Å². The Hall–Kier alpha value is -0.260. The van der Waals surface area contributed by atoms with Gasteiger partial charge in [0, 0.05) is 15.8 Å². The Labute approximate surface area is 190 Å². The molecule has 152 valence electrons. The van der Waals surface area contributed by atoms with Crippen LogP contribution in [0.5, 0.6) is 5.75 Å². The summed E-state index contributed by atoms with van der Waals surface area (Å²) in [7, 11) is 0. The Kier molecular flexibility index (Phi) is 9.15. The third-order valence-corrected chi connectivity index (χ3v) is 10.2. The van der Waals surface area contributed by atoms with E-state index in [2.05, 4.69) is 13.8 Å². The van der Waals surface area contributed by atoms with Crippen molar-refractivity contribution in [1.82, 2.24) is 0 Å². The second-order valence-corrected chi connectivity index (χ2v) is 13.7. The van der Waals surface area contributed by atoms with Gasteiger partial charge in [0.05, 0.1) is 22.2 Å². The van der Waals surface area contributed by atoms with Gasteiger partial charge < -0.3 is 9.05 Å². The van der Waals surface area contributed by atoms with Crippen molar-refractivity contribution in [3.05, 3.63) is 62.6 Å². The van der Waals surface area contributed by atoms with Crippen LogP contribution < -0.4 is 4.52 Å². The van der Waals surface area contributed by atoms with Gasteiger partial charge in [-0.15, -0.1) is 0 Å². The van der Waals surface area contributed by atoms with E-state index in [1.54, 1.807) is 35.6 Å². The van der Waals surface area contributed by atoms with Crippen molar-refractivity contribution in [2.45, 2.75) is 32.4 Å². The third kappa shape index (κ3) is 6.37. The molecule has 0 heterocycles. The highest BCUT2D eigenvalue weighted by Gasteiger charge is 2.24. The molecule has 0 spiro atoms. The van der Waals surface area contributed by atoms with Crippen LogP contribution in [0.3, 0.4) is 0 Å². The molecule has 0 aliphatic heterocycles. The van der Waals surface area contributed by atoms with Crippen molar-refractivity contribution in [1.29, 1.82) is 0 Å². The van der Waals surface area contributed by atoms with Gasteiger partial charge in [-0.3, -0.25) is 4.79 Å². The van der Waals surface area contributed by atoms with Crippen LogP contribution in [0.1, 0.15) is 43.1 Å². The second-order valence-electron chi connectivity index (χ2n) is 5.88. The Morgan fingerprint density at radius 1 is 1.14 bits per heavy atom. The maximum absolute atomic E-state index is 12.8. The van der Waals surface area contributed by atoms with Crippen molar-refractivity contribution in [3.8, 4) is 5.75 Å². The van der Waals surface area contributed by atoms with Crippen LogP contribution in [0, 0.1) is 0 Å². The molecule has 0 aromatic heterocycles. The van der Waals surface area contributed by atoms with Gasteiger partial charge >= 0.3 is 0 Å². The minimum atomic E-state index is -2.52. The molecule has 0 saturated carbocycles. The molecule has 0 fully saturated rings. The van der Waals surface area contributed by atoms with E-state index in [1.807, 2.05) is 6.92 Å². The number of halogens is 3. The predicted molar refractivity (Wildman–Crippen MR) is 125 cm³/mol. The molecule has 0 saturated heterocycles. The first-order valence-electron chi connectivity index (χ1n) is 8.61. The van der Waals surface area contributed by atoms with Crippen molar-refractivity contribution in [2.75, 3.05) is 6.61 Å². The maximum Gasteiger partial charge on any atom is 0.297 e. The highest BCUT2D eigenvalue weighted by molar-refractivity contribution is 8.68. The minimum absolute atomic E-state index is 0.208. The lowest BCUT2D eigenvalue weighted by molar-refractivity contribution is 0.103. The molecule has 2 rings (SSSR count). The number of hydrogen-bond acceptors (Lipinski definition) is 5. The van der Waals surface area contributed by atoms with Crippen LogP contribution in [0.25, 0.3) is 0 Å². The zero-order chi connectivity index (χ0) is 20.9. The summed E-state index contributed by atoms with van der Waals surface area (Å²) < 4.78 is 11.8. The largest absolute Gasteiger partial charge is 0.436 e. The van der Waals surface area contributed by atoms with Crippen LogP contribution in [0.15, 0.2) is 36.4 Å². The molecule has 0 bridgehead atoms.